The van der Waals surface area contributed by atoms with Crippen molar-refractivity contribution in [1.29, 1.82) is 0 Å². The number of H-pyrrole nitrogens is 1. The number of nitrogens with one attached hydrogen (secondary N) is 1. The molecule has 1 aromatic heterocycles. The fraction of sp³-hybridized carbons (Fsp3) is 0.160. The highest BCUT2D eigenvalue weighted by atomic mass is 32.2. The minimum absolute atomic E-state index is 0.00583. The van der Waals surface area contributed by atoms with Crippen LogP contribution in [0.2, 0.25) is 0 Å². The molecule has 0 atom stereocenters. The number of aryl methyl sites for hydroxylation is 1. The minimum Gasteiger partial charge on any atom is -0.465 e. The lowest BCUT2D eigenvalue weighted by atomic mass is 10.0. The predicted molar refractivity (Wildman–Crippen MR) is 131 cm³/mol. The van der Waals surface area contributed by atoms with Gasteiger partial charge in [0.2, 0.25) is 0 Å². The first-order valence-corrected chi connectivity index (χ1v) is 12.3. The summed E-state index contributed by atoms with van der Waals surface area (Å²) in [5.41, 5.74) is 0.263. The summed E-state index contributed by atoms with van der Waals surface area (Å²) in [7, 11) is -2.78. The molecule has 0 spiro atoms. The summed E-state index contributed by atoms with van der Waals surface area (Å²) in [5, 5.41) is -0.0304. The Morgan fingerprint density at radius 1 is 1.00 bits per heavy atom. The highest BCUT2D eigenvalue weighted by Gasteiger charge is 2.29. The quantitative estimate of drug-likeness (QED) is 0.439. The molecule has 0 unspecified atom stereocenters. The molecule has 0 bridgehead atoms. The van der Waals surface area contributed by atoms with Crippen LogP contribution >= 0.6 is 0 Å². The molecule has 4 aromatic rings. The zero-order chi connectivity index (χ0) is 24.7. The van der Waals surface area contributed by atoms with Crippen molar-refractivity contribution in [3.8, 4) is 5.69 Å². The second-order valence-electron chi connectivity index (χ2n) is 8.10. The van der Waals surface area contributed by atoms with Gasteiger partial charge in [-0.25, -0.2) is 22.6 Å². The second-order valence-corrected chi connectivity index (χ2v) is 9.96. The SMILES string of the molecule is COC(=O)c1cccc2[nH]c(=O)n(-c3cccc(S(=O)(=O)N4CCCc5ccccc54)c3)c(=O)c12. The van der Waals surface area contributed by atoms with E-state index >= 15 is 0 Å². The molecule has 2 heterocycles. The van der Waals surface area contributed by atoms with Crippen LogP contribution in [-0.4, -0.2) is 37.6 Å². The van der Waals surface area contributed by atoms with E-state index in [1.165, 1.54) is 53.9 Å². The van der Waals surface area contributed by atoms with Crippen LogP contribution in [0.1, 0.15) is 22.3 Å². The van der Waals surface area contributed by atoms with Crippen molar-refractivity contribution in [2.45, 2.75) is 17.7 Å². The van der Waals surface area contributed by atoms with Crippen molar-refractivity contribution >= 4 is 32.6 Å². The zero-order valence-corrected chi connectivity index (χ0v) is 19.5. The summed E-state index contributed by atoms with van der Waals surface area (Å²) in [6.07, 6.45) is 1.46. The lowest BCUT2D eigenvalue weighted by Gasteiger charge is -2.30. The smallest absolute Gasteiger partial charge is 0.338 e. The number of fused-ring (bicyclic) bond motifs is 2. The molecule has 0 amide bonds. The van der Waals surface area contributed by atoms with Gasteiger partial charge in [-0.1, -0.05) is 30.3 Å². The standard InChI is InChI=1S/C25H21N3O6S/c1-34-24(30)19-11-5-12-20-22(19)23(29)28(25(31)26-20)17-9-4-10-18(15-17)35(32,33)27-14-6-8-16-7-2-3-13-21(16)27/h2-5,7,9-13,15H,6,8,14H2,1H3,(H,26,31). The molecular weight excluding hydrogens is 470 g/mol. The van der Waals surface area contributed by atoms with Gasteiger partial charge >= 0.3 is 11.7 Å². The molecule has 0 saturated carbocycles. The average molecular weight is 492 g/mol. The zero-order valence-electron chi connectivity index (χ0n) is 18.7. The van der Waals surface area contributed by atoms with Gasteiger partial charge in [-0.3, -0.25) is 9.10 Å². The molecule has 1 aliphatic heterocycles. The van der Waals surface area contributed by atoms with Crippen molar-refractivity contribution in [2.24, 2.45) is 0 Å². The van der Waals surface area contributed by atoms with Crippen LogP contribution in [-0.2, 0) is 21.2 Å². The molecule has 0 radical (unpaired) electrons. The summed E-state index contributed by atoms with van der Waals surface area (Å²) in [4.78, 5) is 41.0. The van der Waals surface area contributed by atoms with Gasteiger partial charge in [0.25, 0.3) is 15.6 Å². The number of anilines is 1. The van der Waals surface area contributed by atoms with Gasteiger partial charge in [-0.2, -0.15) is 0 Å². The molecule has 3 aromatic carbocycles. The molecule has 10 heteroatoms. The molecule has 35 heavy (non-hydrogen) atoms. The Bertz CT molecular complexity index is 1700. The first kappa shape index (κ1) is 22.6. The third-order valence-corrected chi connectivity index (χ3v) is 7.87. The summed E-state index contributed by atoms with van der Waals surface area (Å²) in [6.45, 7) is 0.322. The highest BCUT2D eigenvalue weighted by Crippen LogP contribution is 2.32. The maximum atomic E-state index is 13.6. The van der Waals surface area contributed by atoms with Crippen molar-refractivity contribution in [1.82, 2.24) is 9.55 Å². The number of nitrogens with zero attached hydrogens (tertiary/aromatic N) is 2. The van der Waals surface area contributed by atoms with Crippen LogP contribution in [0.5, 0.6) is 0 Å². The van der Waals surface area contributed by atoms with E-state index in [4.69, 9.17) is 4.74 Å². The molecule has 1 N–H and O–H groups in total. The highest BCUT2D eigenvalue weighted by molar-refractivity contribution is 7.92. The van der Waals surface area contributed by atoms with Crippen LogP contribution < -0.4 is 15.6 Å². The van der Waals surface area contributed by atoms with Crippen molar-refractivity contribution in [3.63, 3.8) is 0 Å². The van der Waals surface area contributed by atoms with Gasteiger partial charge in [0.1, 0.15) is 0 Å². The molecule has 178 valence electrons. The van der Waals surface area contributed by atoms with E-state index in [0.717, 1.165) is 16.6 Å². The molecule has 0 fully saturated rings. The maximum Gasteiger partial charge on any atom is 0.338 e. The van der Waals surface area contributed by atoms with E-state index in [-0.39, 0.29) is 27.0 Å². The maximum absolute atomic E-state index is 13.6. The van der Waals surface area contributed by atoms with Crippen LogP contribution in [0.25, 0.3) is 16.6 Å². The monoisotopic (exact) mass is 491 g/mol. The number of hydrogen-bond acceptors (Lipinski definition) is 6. The van der Waals surface area contributed by atoms with Gasteiger partial charge in [0.05, 0.1) is 39.8 Å². The number of carbonyl (C=O) groups excluding carboxylic acids is 1. The number of esters is 1. The Morgan fingerprint density at radius 2 is 1.77 bits per heavy atom. The normalized spacial score (nSPS) is 13.5. The number of para-hydroxylation sites is 1. The topological polar surface area (TPSA) is 119 Å². The van der Waals surface area contributed by atoms with E-state index in [0.29, 0.717) is 18.7 Å². The van der Waals surface area contributed by atoms with E-state index in [9.17, 15) is 22.8 Å². The van der Waals surface area contributed by atoms with E-state index in [2.05, 4.69) is 4.98 Å². The number of rotatable bonds is 4. The molecule has 9 nitrogen and oxygen atoms in total. The number of aromatic amines is 1. The first-order valence-electron chi connectivity index (χ1n) is 10.9. The number of sulfonamides is 1. The Kier molecular flexibility index (Phi) is 5.52. The fourth-order valence-corrected chi connectivity index (χ4v) is 6.02. The Labute approximate surface area is 200 Å². The summed E-state index contributed by atoms with van der Waals surface area (Å²) < 4.78 is 34.1. The second kappa shape index (κ2) is 8.55. The Balaban J connectivity index is 1.68. The molecule has 0 aliphatic carbocycles. The number of methoxy groups -OCH3 is 1. The van der Waals surface area contributed by atoms with Gasteiger partial charge in [-0.05, 0) is 54.8 Å². The number of carbonyl (C=O) groups is 1. The minimum atomic E-state index is -3.97. The van der Waals surface area contributed by atoms with Gasteiger partial charge < -0.3 is 9.72 Å². The predicted octanol–water partition coefficient (Wildman–Crippen LogP) is 2.61. The van der Waals surface area contributed by atoms with Gasteiger partial charge in [0.15, 0.2) is 0 Å². The summed E-state index contributed by atoms with van der Waals surface area (Å²) in [6, 6.07) is 17.4. The molecule has 0 saturated heterocycles. The van der Waals surface area contributed by atoms with Gasteiger partial charge in [-0.15, -0.1) is 0 Å². The molecule has 5 rings (SSSR count). The first-order chi connectivity index (χ1) is 16.8. The third-order valence-electron chi connectivity index (χ3n) is 6.06. The summed E-state index contributed by atoms with van der Waals surface area (Å²) in [5.74, 6) is -0.730. The van der Waals surface area contributed by atoms with E-state index in [1.54, 1.807) is 12.1 Å². The van der Waals surface area contributed by atoms with Crippen LogP contribution in [0, 0.1) is 0 Å². The molecular formula is C25H21N3O6S. The van der Waals surface area contributed by atoms with Crippen LogP contribution in [0.4, 0.5) is 5.69 Å². The lowest BCUT2D eigenvalue weighted by Crippen LogP contribution is -2.36. The van der Waals surface area contributed by atoms with Crippen LogP contribution in [0.3, 0.4) is 0 Å². The number of benzene rings is 3. The third kappa shape index (κ3) is 3.71. The van der Waals surface area contributed by atoms with Gasteiger partial charge in [0, 0.05) is 6.54 Å². The fourth-order valence-electron chi connectivity index (χ4n) is 4.44. The number of ether oxygens (including phenoxy) is 1. The van der Waals surface area contributed by atoms with Crippen molar-refractivity contribution in [2.75, 3.05) is 18.0 Å². The Morgan fingerprint density at radius 3 is 2.57 bits per heavy atom. The summed E-state index contributed by atoms with van der Waals surface area (Å²) >= 11 is 0. The van der Waals surface area contributed by atoms with Crippen molar-refractivity contribution in [3.05, 3.63) is 98.7 Å². The lowest BCUT2D eigenvalue weighted by molar-refractivity contribution is 0.0603. The van der Waals surface area contributed by atoms with E-state index in [1.807, 2.05) is 12.1 Å². The van der Waals surface area contributed by atoms with Crippen LogP contribution in [0.15, 0.2) is 81.2 Å². The van der Waals surface area contributed by atoms with Crippen molar-refractivity contribution < 1.29 is 17.9 Å². The number of aromatic nitrogens is 2. The molecule has 1 aliphatic rings. The number of hydrogen-bond donors (Lipinski definition) is 1. The van der Waals surface area contributed by atoms with E-state index < -0.39 is 27.2 Å². The largest absolute Gasteiger partial charge is 0.465 e. The Hall–Kier alpha value is -4.18. The average Bonchev–Trinajstić information content (AvgIpc) is 2.87.